The molecule has 0 saturated carbocycles. The van der Waals surface area contributed by atoms with Crippen molar-refractivity contribution >= 4 is 11.6 Å². The van der Waals surface area contributed by atoms with E-state index in [2.05, 4.69) is 34.5 Å². The van der Waals surface area contributed by atoms with Gasteiger partial charge in [0.25, 0.3) is 0 Å². The summed E-state index contributed by atoms with van der Waals surface area (Å²) in [5.41, 5.74) is 1.64. The van der Waals surface area contributed by atoms with Gasteiger partial charge in [0.2, 0.25) is 5.91 Å². The van der Waals surface area contributed by atoms with Crippen LogP contribution in [0.3, 0.4) is 0 Å². The Labute approximate surface area is 155 Å². The summed E-state index contributed by atoms with van der Waals surface area (Å²) in [5, 5.41) is 2.68. The van der Waals surface area contributed by atoms with Crippen molar-refractivity contribution in [3.8, 4) is 0 Å². The van der Waals surface area contributed by atoms with Crippen LogP contribution in [-0.4, -0.2) is 30.4 Å². The van der Waals surface area contributed by atoms with Crippen LogP contribution in [0.15, 0.2) is 54.6 Å². The Kier molecular flexibility index (Phi) is 6.78. The maximum Gasteiger partial charge on any atom is 0.224 e. The molecule has 1 aliphatic rings. The van der Waals surface area contributed by atoms with Crippen molar-refractivity contribution in [1.82, 2.24) is 4.90 Å². The highest BCUT2D eigenvalue weighted by Crippen LogP contribution is 2.22. The van der Waals surface area contributed by atoms with Crippen molar-refractivity contribution in [2.45, 2.75) is 32.1 Å². The van der Waals surface area contributed by atoms with E-state index >= 15 is 0 Å². The van der Waals surface area contributed by atoms with E-state index in [1.165, 1.54) is 24.5 Å². The molecule has 1 saturated heterocycles. The smallest absolute Gasteiger partial charge is 0.224 e. The molecule has 0 aliphatic carbocycles. The van der Waals surface area contributed by atoms with Gasteiger partial charge in [0.05, 0.1) is 5.69 Å². The molecule has 1 unspecified atom stereocenters. The van der Waals surface area contributed by atoms with Crippen molar-refractivity contribution in [2.75, 3.05) is 25.0 Å². The van der Waals surface area contributed by atoms with Gasteiger partial charge in [0.15, 0.2) is 0 Å². The number of nitrogens with one attached hydrogen (secondary N) is 1. The molecule has 0 bridgehead atoms. The van der Waals surface area contributed by atoms with Crippen LogP contribution in [-0.2, 0) is 11.2 Å². The van der Waals surface area contributed by atoms with Gasteiger partial charge in [-0.15, -0.1) is 0 Å². The van der Waals surface area contributed by atoms with Gasteiger partial charge in [-0.1, -0.05) is 42.5 Å². The van der Waals surface area contributed by atoms with E-state index in [-0.39, 0.29) is 17.4 Å². The molecule has 3 rings (SSSR count). The third-order valence-electron chi connectivity index (χ3n) is 5.09. The summed E-state index contributed by atoms with van der Waals surface area (Å²) >= 11 is 0. The van der Waals surface area contributed by atoms with Crippen LogP contribution < -0.4 is 5.32 Å². The van der Waals surface area contributed by atoms with Gasteiger partial charge in [-0.05, 0) is 55.8 Å². The quantitative estimate of drug-likeness (QED) is 0.794. The van der Waals surface area contributed by atoms with Gasteiger partial charge in [0.1, 0.15) is 5.82 Å². The molecule has 1 atom stereocenters. The number of hydrogen-bond acceptors (Lipinski definition) is 2. The number of anilines is 1. The minimum atomic E-state index is -0.384. The zero-order valence-corrected chi connectivity index (χ0v) is 15.2. The predicted molar refractivity (Wildman–Crippen MR) is 104 cm³/mol. The van der Waals surface area contributed by atoms with Crippen molar-refractivity contribution in [1.29, 1.82) is 0 Å². The number of piperidine rings is 1. The number of carbonyl (C=O) groups is 1. The number of benzene rings is 2. The number of hydrogen-bond donors (Lipinski definition) is 1. The molecule has 4 heteroatoms. The van der Waals surface area contributed by atoms with E-state index in [4.69, 9.17) is 0 Å². The first-order valence-electron chi connectivity index (χ1n) is 9.51. The van der Waals surface area contributed by atoms with E-state index in [0.29, 0.717) is 12.3 Å². The molecule has 2 aromatic rings. The summed E-state index contributed by atoms with van der Waals surface area (Å²) in [7, 11) is 0. The van der Waals surface area contributed by atoms with E-state index in [1.807, 2.05) is 6.07 Å². The van der Waals surface area contributed by atoms with Crippen LogP contribution in [0.2, 0.25) is 0 Å². The number of halogens is 1. The molecule has 0 radical (unpaired) electrons. The van der Waals surface area contributed by atoms with Crippen molar-refractivity contribution in [2.24, 2.45) is 5.92 Å². The summed E-state index contributed by atoms with van der Waals surface area (Å²) in [6.45, 7) is 3.27. The Morgan fingerprint density at radius 3 is 2.69 bits per heavy atom. The molecule has 1 aliphatic heterocycles. The van der Waals surface area contributed by atoms with Gasteiger partial charge in [-0.2, -0.15) is 0 Å². The molecule has 3 nitrogen and oxygen atoms in total. The highest BCUT2D eigenvalue weighted by Gasteiger charge is 2.20. The minimum Gasteiger partial charge on any atom is -0.324 e. The maximum absolute atomic E-state index is 13.6. The van der Waals surface area contributed by atoms with Crippen LogP contribution in [0.4, 0.5) is 10.1 Å². The summed E-state index contributed by atoms with van der Waals surface area (Å²) in [6, 6.07) is 16.9. The fourth-order valence-electron chi connectivity index (χ4n) is 3.63. The molecule has 1 amide bonds. The van der Waals surface area contributed by atoms with E-state index in [9.17, 15) is 9.18 Å². The van der Waals surface area contributed by atoms with Crippen LogP contribution in [0, 0.1) is 11.7 Å². The molecule has 1 N–H and O–H groups in total. The van der Waals surface area contributed by atoms with E-state index in [0.717, 1.165) is 32.5 Å². The summed E-state index contributed by atoms with van der Waals surface area (Å²) in [4.78, 5) is 14.6. The normalized spacial score (nSPS) is 17.8. The second-order valence-corrected chi connectivity index (χ2v) is 7.11. The number of amides is 1. The topological polar surface area (TPSA) is 32.3 Å². The largest absolute Gasteiger partial charge is 0.324 e. The molecule has 1 fully saturated rings. The molecule has 0 aromatic heterocycles. The zero-order chi connectivity index (χ0) is 18.2. The number of rotatable bonds is 7. The lowest BCUT2D eigenvalue weighted by atomic mass is 9.93. The van der Waals surface area contributed by atoms with Crippen molar-refractivity contribution in [3.63, 3.8) is 0 Å². The van der Waals surface area contributed by atoms with Gasteiger partial charge < -0.3 is 10.2 Å². The Morgan fingerprint density at radius 2 is 1.88 bits per heavy atom. The molecule has 2 aromatic carbocycles. The molecular formula is C22H27FN2O. The zero-order valence-electron chi connectivity index (χ0n) is 15.2. The standard InChI is InChI=1S/C22H27FN2O/c23-20-10-4-5-11-21(20)24-22(26)13-12-19-9-6-15-25(17-19)16-14-18-7-2-1-3-8-18/h1-5,7-8,10-11,19H,6,9,12-17H2,(H,24,26). The first-order chi connectivity index (χ1) is 12.7. The Balaban J connectivity index is 1.40. The SMILES string of the molecule is O=C(CCC1CCCN(CCc2ccccc2)C1)Nc1ccccc1F. The Bertz CT molecular complexity index is 704. The number of likely N-dealkylation sites (tertiary alicyclic amines) is 1. The number of nitrogens with zero attached hydrogens (tertiary/aromatic N) is 1. The second-order valence-electron chi connectivity index (χ2n) is 7.11. The molecule has 26 heavy (non-hydrogen) atoms. The Hall–Kier alpha value is -2.20. The molecule has 0 spiro atoms. The first kappa shape index (κ1) is 18.6. The predicted octanol–water partition coefficient (Wildman–Crippen LogP) is 4.50. The number of carbonyl (C=O) groups excluding carboxylic acids is 1. The Morgan fingerprint density at radius 1 is 1.12 bits per heavy atom. The average molecular weight is 354 g/mol. The highest BCUT2D eigenvalue weighted by molar-refractivity contribution is 5.90. The van der Waals surface area contributed by atoms with Crippen LogP contribution >= 0.6 is 0 Å². The van der Waals surface area contributed by atoms with Gasteiger partial charge in [-0.3, -0.25) is 4.79 Å². The lowest BCUT2D eigenvalue weighted by Gasteiger charge is -2.32. The third-order valence-corrected chi connectivity index (χ3v) is 5.09. The van der Waals surface area contributed by atoms with Gasteiger partial charge in [0, 0.05) is 19.5 Å². The molecular weight excluding hydrogens is 327 g/mol. The van der Waals surface area contributed by atoms with Crippen molar-refractivity contribution in [3.05, 3.63) is 66.0 Å². The first-order valence-corrected chi connectivity index (χ1v) is 9.51. The summed E-state index contributed by atoms with van der Waals surface area (Å²) in [5.74, 6) is 0.0630. The fraction of sp³-hybridized carbons (Fsp3) is 0.409. The summed E-state index contributed by atoms with van der Waals surface area (Å²) < 4.78 is 13.6. The second kappa shape index (κ2) is 9.48. The monoisotopic (exact) mass is 354 g/mol. The lowest BCUT2D eigenvalue weighted by molar-refractivity contribution is -0.116. The van der Waals surface area contributed by atoms with Crippen LogP contribution in [0.5, 0.6) is 0 Å². The van der Waals surface area contributed by atoms with E-state index < -0.39 is 0 Å². The van der Waals surface area contributed by atoms with Crippen LogP contribution in [0.1, 0.15) is 31.2 Å². The molecule has 1 heterocycles. The average Bonchev–Trinajstić information content (AvgIpc) is 2.68. The number of para-hydroxylation sites is 1. The fourth-order valence-corrected chi connectivity index (χ4v) is 3.63. The molecule has 138 valence electrons. The lowest BCUT2D eigenvalue weighted by Crippen LogP contribution is -2.37. The van der Waals surface area contributed by atoms with Gasteiger partial charge in [-0.25, -0.2) is 4.39 Å². The third kappa shape index (κ3) is 5.67. The van der Waals surface area contributed by atoms with Crippen LogP contribution in [0.25, 0.3) is 0 Å². The highest BCUT2D eigenvalue weighted by atomic mass is 19.1. The van der Waals surface area contributed by atoms with Gasteiger partial charge >= 0.3 is 0 Å². The summed E-state index contributed by atoms with van der Waals surface area (Å²) in [6.07, 6.45) is 4.75. The van der Waals surface area contributed by atoms with Crippen molar-refractivity contribution < 1.29 is 9.18 Å². The minimum absolute atomic E-state index is 0.100. The van der Waals surface area contributed by atoms with E-state index in [1.54, 1.807) is 18.2 Å². The maximum atomic E-state index is 13.6.